The van der Waals surface area contributed by atoms with Crippen LogP contribution in [-0.2, 0) is 10.0 Å². The zero-order valence-corrected chi connectivity index (χ0v) is 15.2. The van der Waals surface area contributed by atoms with Gasteiger partial charge in [0.2, 0.25) is 0 Å². The van der Waals surface area contributed by atoms with Crippen LogP contribution in [0, 0.1) is 6.92 Å². The summed E-state index contributed by atoms with van der Waals surface area (Å²) < 4.78 is 27.1. The van der Waals surface area contributed by atoms with E-state index in [2.05, 4.69) is 9.71 Å². The number of rotatable bonds is 3. The number of carbonyl (C=O) groups excluding carboxylic acids is 1. The Labute approximate surface area is 151 Å². The number of aliphatic imine (C=N–C) groups is 1. The van der Waals surface area contributed by atoms with Gasteiger partial charge in [-0.1, -0.05) is 47.7 Å². The summed E-state index contributed by atoms with van der Waals surface area (Å²) in [5, 5.41) is 0.489. The van der Waals surface area contributed by atoms with Gasteiger partial charge in [-0.2, -0.15) is 0 Å². The van der Waals surface area contributed by atoms with Crippen molar-refractivity contribution in [1.82, 2.24) is 4.72 Å². The maximum absolute atomic E-state index is 12.7. The monoisotopic (exact) mass is 375 g/mol. The van der Waals surface area contributed by atoms with Crippen molar-refractivity contribution < 1.29 is 13.2 Å². The Morgan fingerprint density at radius 3 is 2.40 bits per heavy atom. The first-order valence-corrected chi connectivity index (χ1v) is 10.1. The number of benzene rings is 2. The molecule has 0 unspecified atom stereocenters. The fourth-order valence-corrected chi connectivity index (χ4v) is 4.09. The minimum absolute atomic E-state index is 0.0421. The predicted molar refractivity (Wildman–Crippen MR) is 101 cm³/mol. The molecule has 0 bridgehead atoms. The molecular weight excluding hydrogens is 358 g/mol. The van der Waals surface area contributed by atoms with Gasteiger partial charge in [-0.15, -0.1) is 0 Å². The van der Waals surface area contributed by atoms with Crippen molar-refractivity contribution in [3.05, 3.63) is 60.2 Å². The average Bonchev–Trinajstić information content (AvgIpc) is 3.10. The molecule has 3 rings (SSSR count). The number of amidine groups is 1. The van der Waals surface area contributed by atoms with E-state index in [-0.39, 0.29) is 4.90 Å². The summed E-state index contributed by atoms with van der Waals surface area (Å²) in [4.78, 5) is 18.4. The zero-order chi connectivity index (χ0) is 17.9. The number of amides is 2. The molecule has 0 fully saturated rings. The number of urea groups is 1. The first kappa shape index (κ1) is 17.5. The van der Waals surface area contributed by atoms with E-state index in [1.807, 2.05) is 13.0 Å². The Balaban J connectivity index is 1.89. The molecule has 8 heteroatoms. The highest BCUT2D eigenvalue weighted by atomic mass is 32.2. The second-order valence-electron chi connectivity index (χ2n) is 5.41. The Morgan fingerprint density at radius 2 is 1.80 bits per heavy atom. The molecule has 0 aliphatic carbocycles. The van der Waals surface area contributed by atoms with Crippen LogP contribution in [-0.4, -0.2) is 31.9 Å². The zero-order valence-electron chi connectivity index (χ0n) is 13.5. The summed E-state index contributed by atoms with van der Waals surface area (Å²) in [7, 11) is -3.96. The van der Waals surface area contributed by atoms with Crippen molar-refractivity contribution in [2.45, 2.75) is 11.8 Å². The third kappa shape index (κ3) is 4.02. The van der Waals surface area contributed by atoms with Gasteiger partial charge >= 0.3 is 6.03 Å². The number of sulfonamides is 1. The van der Waals surface area contributed by atoms with Crippen LogP contribution < -0.4 is 9.62 Å². The van der Waals surface area contributed by atoms with Crippen molar-refractivity contribution in [2.24, 2.45) is 4.99 Å². The van der Waals surface area contributed by atoms with Crippen molar-refractivity contribution >= 4 is 38.7 Å². The molecule has 1 heterocycles. The van der Waals surface area contributed by atoms with Gasteiger partial charge in [0.1, 0.15) is 0 Å². The van der Waals surface area contributed by atoms with Crippen LogP contribution >= 0.6 is 11.8 Å². The maximum atomic E-state index is 12.7. The van der Waals surface area contributed by atoms with E-state index in [0.717, 1.165) is 11.3 Å². The van der Waals surface area contributed by atoms with E-state index in [1.165, 1.54) is 28.8 Å². The molecule has 0 saturated heterocycles. The topological polar surface area (TPSA) is 78.8 Å². The van der Waals surface area contributed by atoms with Gasteiger partial charge in [0.05, 0.1) is 17.1 Å². The van der Waals surface area contributed by atoms with Gasteiger partial charge in [-0.3, -0.25) is 4.99 Å². The van der Waals surface area contributed by atoms with Gasteiger partial charge in [0.25, 0.3) is 10.0 Å². The molecule has 1 N–H and O–H groups in total. The number of thioether (sulfide) groups is 1. The van der Waals surface area contributed by atoms with Crippen LogP contribution in [0.4, 0.5) is 10.5 Å². The number of anilines is 1. The highest BCUT2D eigenvalue weighted by Crippen LogP contribution is 2.23. The molecule has 2 aromatic rings. The van der Waals surface area contributed by atoms with Gasteiger partial charge in [-0.05, 0) is 31.2 Å². The van der Waals surface area contributed by atoms with Crippen LogP contribution in [0.15, 0.2) is 64.5 Å². The summed E-state index contributed by atoms with van der Waals surface area (Å²) in [5.74, 6) is 0.761. The molecule has 130 valence electrons. The number of para-hydroxylation sites is 1. The van der Waals surface area contributed by atoms with Crippen molar-refractivity contribution in [2.75, 3.05) is 17.2 Å². The molecule has 25 heavy (non-hydrogen) atoms. The van der Waals surface area contributed by atoms with Gasteiger partial charge in [-0.25, -0.2) is 22.8 Å². The molecule has 6 nitrogen and oxygen atoms in total. The van der Waals surface area contributed by atoms with E-state index >= 15 is 0 Å². The summed E-state index contributed by atoms with van der Waals surface area (Å²) in [6, 6.07) is 14.4. The summed E-state index contributed by atoms with van der Waals surface area (Å²) in [6.45, 7) is 2.46. The molecule has 1 aliphatic heterocycles. The van der Waals surface area contributed by atoms with E-state index in [0.29, 0.717) is 17.4 Å². The Kier molecular flexibility index (Phi) is 5.10. The average molecular weight is 375 g/mol. The fourth-order valence-electron chi connectivity index (χ4n) is 2.29. The second kappa shape index (κ2) is 7.28. The lowest BCUT2D eigenvalue weighted by atomic mass is 10.2. The van der Waals surface area contributed by atoms with E-state index in [4.69, 9.17) is 0 Å². The highest BCUT2D eigenvalue weighted by Gasteiger charge is 2.28. The lowest BCUT2D eigenvalue weighted by Crippen LogP contribution is -2.45. The number of aryl methyl sites for hydroxylation is 1. The van der Waals surface area contributed by atoms with Crippen molar-refractivity contribution in [3.8, 4) is 0 Å². The summed E-state index contributed by atoms with van der Waals surface area (Å²) in [5.41, 5.74) is 1.50. The normalized spacial score (nSPS) is 14.0. The largest absolute Gasteiger partial charge is 0.342 e. The van der Waals surface area contributed by atoms with E-state index in [1.54, 1.807) is 36.4 Å². The number of hydrogen-bond acceptors (Lipinski definition) is 5. The number of carbonyl (C=O) groups is 1. The third-order valence-electron chi connectivity index (χ3n) is 3.53. The van der Waals surface area contributed by atoms with E-state index < -0.39 is 16.1 Å². The third-order valence-corrected chi connectivity index (χ3v) is 5.82. The molecule has 0 atom stereocenters. The lowest BCUT2D eigenvalue weighted by Gasteiger charge is -2.22. The SMILES string of the molecule is Cc1ccc(S(=O)(=O)NC(=O)N(C2=NCCS2)c2ccccc2)cc1. The number of hydrogen-bond donors (Lipinski definition) is 1. The van der Waals surface area contributed by atoms with Crippen LogP contribution in [0.2, 0.25) is 0 Å². The molecule has 2 amide bonds. The minimum Gasteiger partial charge on any atom is -0.261 e. The standard InChI is InChI=1S/C17H17N3O3S2/c1-13-7-9-15(10-8-13)25(22,23)19-16(21)20(17-18-11-12-24-17)14-5-3-2-4-6-14/h2-10H,11-12H2,1H3,(H,19,21). The van der Waals surface area contributed by atoms with Crippen LogP contribution in [0.25, 0.3) is 0 Å². The molecule has 1 aliphatic rings. The quantitative estimate of drug-likeness (QED) is 0.894. The van der Waals surface area contributed by atoms with Crippen LogP contribution in [0.5, 0.6) is 0 Å². The molecule has 0 saturated carbocycles. The second-order valence-corrected chi connectivity index (χ2v) is 8.15. The molecule has 0 radical (unpaired) electrons. The molecule has 2 aromatic carbocycles. The molecular formula is C17H17N3O3S2. The number of nitrogens with one attached hydrogen (secondary N) is 1. The lowest BCUT2D eigenvalue weighted by molar-refractivity contribution is 0.253. The summed E-state index contributed by atoms with van der Waals surface area (Å²) in [6.07, 6.45) is 0. The predicted octanol–water partition coefficient (Wildman–Crippen LogP) is 3.00. The maximum Gasteiger partial charge on any atom is 0.342 e. The molecule has 0 spiro atoms. The fraction of sp³-hybridized carbons (Fsp3) is 0.176. The first-order chi connectivity index (χ1) is 12.0. The van der Waals surface area contributed by atoms with Crippen LogP contribution in [0.3, 0.4) is 0 Å². The van der Waals surface area contributed by atoms with Gasteiger partial charge < -0.3 is 0 Å². The molecule has 0 aromatic heterocycles. The Morgan fingerprint density at radius 1 is 1.12 bits per heavy atom. The van der Waals surface area contributed by atoms with Crippen molar-refractivity contribution in [3.63, 3.8) is 0 Å². The number of nitrogens with zero attached hydrogens (tertiary/aromatic N) is 2. The Hall–Kier alpha value is -2.32. The smallest absolute Gasteiger partial charge is 0.261 e. The van der Waals surface area contributed by atoms with Gasteiger partial charge in [0, 0.05) is 5.75 Å². The minimum atomic E-state index is -3.96. The highest BCUT2D eigenvalue weighted by molar-refractivity contribution is 8.14. The first-order valence-electron chi connectivity index (χ1n) is 7.63. The van der Waals surface area contributed by atoms with Gasteiger partial charge in [0.15, 0.2) is 5.17 Å². The van der Waals surface area contributed by atoms with Crippen molar-refractivity contribution in [1.29, 1.82) is 0 Å². The summed E-state index contributed by atoms with van der Waals surface area (Å²) >= 11 is 1.42. The van der Waals surface area contributed by atoms with E-state index in [9.17, 15) is 13.2 Å². The van der Waals surface area contributed by atoms with Crippen LogP contribution in [0.1, 0.15) is 5.56 Å². The Bertz CT molecular complexity index is 894.